The molecule has 1 saturated carbocycles. The number of hydrogen-bond acceptors (Lipinski definition) is 4. The van der Waals surface area contributed by atoms with E-state index in [4.69, 9.17) is 14.8 Å². The second kappa shape index (κ2) is 80.2. The van der Waals surface area contributed by atoms with Gasteiger partial charge in [-0.3, -0.25) is 14.1 Å². The first-order valence-electron chi connectivity index (χ1n) is 44.7. The Morgan fingerprint density at radius 3 is 1.06 bits per heavy atom. The number of unbranched alkanes of at least 4 members (excludes halogenated alkanes) is 13. The highest BCUT2D eigenvalue weighted by Crippen LogP contribution is 2.37. The maximum atomic E-state index is 12.2. The summed E-state index contributed by atoms with van der Waals surface area (Å²) in [5.74, 6) is 5.14. The highest BCUT2D eigenvalue weighted by molar-refractivity contribution is 7.85. The van der Waals surface area contributed by atoms with Crippen molar-refractivity contribution in [1.82, 2.24) is 0 Å². The Hall–Kier alpha value is -4.90. The number of aliphatic carboxylic acids is 2. The van der Waals surface area contributed by atoms with Gasteiger partial charge >= 0.3 is 30.5 Å². The maximum Gasteiger partial charge on any atom is 0.416 e. The van der Waals surface area contributed by atoms with Crippen LogP contribution in [0.15, 0.2) is 102 Å². The van der Waals surface area contributed by atoms with Gasteiger partial charge in [-0.2, -0.15) is 47.9 Å². The molecule has 5 rings (SSSR count). The average molecular weight is 1670 g/mol. The van der Waals surface area contributed by atoms with Crippen LogP contribution in [0.1, 0.15) is 415 Å². The van der Waals surface area contributed by atoms with E-state index in [1.807, 2.05) is 19.9 Å². The molecule has 4 aromatic rings. The van der Waals surface area contributed by atoms with E-state index in [9.17, 15) is 57.5 Å². The van der Waals surface area contributed by atoms with Gasteiger partial charge in [-0.05, 0) is 148 Å². The number of carboxylic acids is 2. The van der Waals surface area contributed by atoms with Gasteiger partial charge in [0.05, 0.1) is 21.6 Å². The summed E-state index contributed by atoms with van der Waals surface area (Å²) in [7, 11) is -4.02. The molecule has 17 heteroatoms. The third-order valence-corrected chi connectivity index (χ3v) is 20.4. The number of halogens is 9. The molecule has 0 heterocycles. The molecule has 0 radical (unpaired) electrons. The fourth-order valence-corrected chi connectivity index (χ4v) is 12.1. The van der Waals surface area contributed by atoms with Crippen LogP contribution in [0.25, 0.3) is 0 Å². The van der Waals surface area contributed by atoms with E-state index in [0.717, 1.165) is 84.1 Å². The summed E-state index contributed by atoms with van der Waals surface area (Å²) in [6, 6.07) is 23.1. The molecule has 1 fully saturated rings. The van der Waals surface area contributed by atoms with Crippen molar-refractivity contribution >= 4 is 22.1 Å². The molecule has 0 aromatic heterocycles. The van der Waals surface area contributed by atoms with E-state index in [2.05, 4.69) is 163 Å². The Morgan fingerprint density at radius 2 is 0.774 bits per heavy atom. The quantitative estimate of drug-likeness (QED) is 0.0238. The van der Waals surface area contributed by atoms with Crippen molar-refractivity contribution in [1.29, 1.82) is 0 Å². The van der Waals surface area contributed by atoms with Crippen LogP contribution in [-0.4, -0.2) is 35.1 Å². The molecule has 1 aliphatic carbocycles. The van der Waals surface area contributed by atoms with E-state index in [0.29, 0.717) is 18.9 Å². The van der Waals surface area contributed by atoms with Crippen LogP contribution < -0.4 is 0 Å². The monoisotopic (exact) mass is 1670 g/mol. The number of benzene rings is 4. The molecule has 0 aliphatic heterocycles. The SMILES string of the molecule is CC(C)CC(C)CC(C)C.CC(CCC(=O)O)CCC(=O)O.CC1CCCCC1.CCC.CCC(C)CC.CCCCC(CC)CC.CCCCCCC(C)CCCCCC.CCCCCCCCC.CCc1ccccc1.Cc1ccc(C(F)(F)F)cc1.Cc1ccc(C(F)(F)F)cc1C(F)(F)F.Cc1ccc(S(=O)(=O)O)cc1. The molecular formula is C98H173F9O7S. The highest BCUT2D eigenvalue weighted by atomic mass is 32.2. The van der Waals surface area contributed by atoms with Gasteiger partial charge in [0.1, 0.15) is 0 Å². The molecule has 3 N–H and O–H groups in total. The van der Waals surface area contributed by atoms with Crippen LogP contribution in [0.2, 0.25) is 0 Å². The minimum atomic E-state index is -4.76. The number of hydrogen-bond donors (Lipinski definition) is 3. The Kier molecular flexibility index (Phi) is 86.0. The van der Waals surface area contributed by atoms with Gasteiger partial charge in [-0.1, -0.05) is 410 Å². The van der Waals surface area contributed by atoms with E-state index in [-0.39, 0.29) is 35.3 Å². The van der Waals surface area contributed by atoms with Crippen molar-refractivity contribution in [3.05, 3.63) is 136 Å². The van der Waals surface area contributed by atoms with Crippen molar-refractivity contribution in [2.45, 2.75) is 427 Å². The predicted octanol–water partition coefficient (Wildman–Crippen LogP) is 35.0. The average Bonchev–Trinajstić information content (AvgIpc) is 0.800. The summed E-state index contributed by atoms with van der Waals surface area (Å²) in [4.78, 5) is 20.2. The van der Waals surface area contributed by atoms with Crippen molar-refractivity contribution < 1.29 is 72.3 Å². The smallest absolute Gasteiger partial charge is 0.416 e. The third-order valence-electron chi connectivity index (χ3n) is 19.5. The molecule has 115 heavy (non-hydrogen) atoms. The van der Waals surface area contributed by atoms with E-state index >= 15 is 0 Å². The number of carboxylic acid groups (broad SMARTS) is 2. The van der Waals surface area contributed by atoms with Crippen LogP contribution >= 0.6 is 0 Å². The van der Waals surface area contributed by atoms with Gasteiger partial charge in [-0.15, -0.1) is 0 Å². The molecule has 0 saturated heterocycles. The first-order valence-corrected chi connectivity index (χ1v) is 46.1. The van der Waals surface area contributed by atoms with E-state index < -0.39 is 57.3 Å². The largest absolute Gasteiger partial charge is 0.481 e. The fourth-order valence-electron chi connectivity index (χ4n) is 11.7. The van der Waals surface area contributed by atoms with Gasteiger partial charge < -0.3 is 10.2 Å². The lowest BCUT2D eigenvalue weighted by Gasteiger charge is -2.15. The zero-order chi connectivity index (χ0) is 89.9. The molecule has 4 aromatic carbocycles. The van der Waals surface area contributed by atoms with E-state index in [1.54, 1.807) is 19.1 Å². The molecule has 676 valence electrons. The van der Waals surface area contributed by atoms with Crippen LogP contribution in [0.4, 0.5) is 39.5 Å². The third kappa shape index (κ3) is 89.7. The van der Waals surface area contributed by atoms with Gasteiger partial charge in [0.2, 0.25) is 0 Å². The number of alkyl halides is 9. The second-order valence-corrected chi connectivity index (χ2v) is 34.0. The zero-order valence-corrected chi connectivity index (χ0v) is 78.1. The van der Waals surface area contributed by atoms with Crippen LogP contribution in [0, 0.1) is 68.1 Å². The molecule has 0 bridgehead atoms. The Bertz CT molecular complexity index is 2780. The summed E-state index contributed by atoms with van der Waals surface area (Å²) in [5.41, 5.74) is -0.167. The first-order chi connectivity index (χ1) is 53.8. The Balaban J connectivity index is -0.000000224. The number of carbonyl (C=O) groups is 2. The summed E-state index contributed by atoms with van der Waals surface area (Å²) >= 11 is 0. The minimum Gasteiger partial charge on any atom is -0.481 e. The van der Waals surface area contributed by atoms with Gasteiger partial charge in [0, 0.05) is 12.8 Å². The van der Waals surface area contributed by atoms with E-state index in [1.165, 1.54) is 235 Å². The van der Waals surface area contributed by atoms with Crippen LogP contribution in [0.3, 0.4) is 0 Å². The lowest BCUT2D eigenvalue weighted by atomic mass is 9.91. The number of rotatable bonds is 35. The van der Waals surface area contributed by atoms with Gasteiger partial charge in [0.15, 0.2) is 0 Å². The molecule has 0 amide bonds. The fraction of sp³-hybridized carbons (Fsp3) is 0.735. The molecule has 0 spiro atoms. The summed E-state index contributed by atoms with van der Waals surface area (Å²) in [6.45, 7) is 52.0. The van der Waals surface area contributed by atoms with Crippen molar-refractivity contribution in [2.75, 3.05) is 0 Å². The summed E-state index contributed by atoms with van der Waals surface area (Å²) < 4.78 is 138. The zero-order valence-electron chi connectivity index (χ0n) is 77.3. The predicted molar refractivity (Wildman–Crippen MR) is 477 cm³/mol. The standard InChI is InChI=1S/C14H30.C10H22.C9H6F6.2C9H20.C8H7F3.C8H14O4.C8H10.C7H8O3S.C7H14.C6H14.C3H8/c1-4-6-8-10-12-14(3)13-11-9-7-5-2;1-8(2)6-10(5)7-9(3)4;1-5-2-3-6(8(10,11)12)4-7(5)9(13,14)15;1-4-7-8-9(5-2)6-3;1-3-5-7-9-8-6-4-2;1-6-2-4-7(5-3-6)8(9,10)11;1-6(2-4-7(9)10)3-5-8(11)12;1-2-8-6-4-3-5-7-8;1-6-2-4-7(5-3-6)11(8,9)10;1-7-5-3-2-4-6-7;1-4-6(3)5-2;1-3-2/h14H,4-13H2,1-3H3;8-10H,6-7H2,1-5H3;2-4H,1H3;9H,4-8H2,1-3H3;3-9H2,1-2H3;2-5H,1H3;6H,2-5H2,1H3,(H,9,10)(H,11,12);3-7H,2H2,1H3;2-5H,1H3,(H,8,9,10);7H,2-6H2,1H3;6H,4-5H2,1-3H3;3H2,1-2H3. The molecule has 0 unspecified atom stereocenters. The molecule has 7 nitrogen and oxygen atoms in total. The summed E-state index contributed by atoms with van der Waals surface area (Å²) in [5, 5.41) is 16.6. The number of aryl methyl sites for hydroxylation is 4. The minimum absolute atomic E-state index is 0.0666. The van der Waals surface area contributed by atoms with Crippen molar-refractivity contribution in [2.24, 2.45) is 47.3 Å². The Labute approximate surface area is 701 Å². The van der Waals surface area contributed by atoms with Gasteiger partial charge in [0.25, 0.3) is 10.1 Å². The maximum absolute atomic E-state index is 12.2. The second-order valence-electron chi connectivity index (χ2n) is 32.6. The van der Waals surface area contributed by atoms with Crippen molar-refractivity contribution in [3.8, 4) is 0 Å². The molecule has 0 atom stereocenters. The van der Waals surface area contributed by atoms with Crippen molar-refractivity contribution in [3.63, 3.8) is 0 Å². The normalized spacial score (nSPS) is 11.8. The first kappa shape index (κ1) is 123. The Morgan fingerprint density at radius 1 is 0.417 bits per heavy atom. The lowest BCUT2D eigenvalue weighted by molar-refractivity contribution is -0.143. The molecule has 1 aliphatic rings. The van der Waals surface area contributed by atoms with Crippen LogP contribution in [-0.2, 0) is 44.7 Å². The van der Waals surface area contributed by atoms with Gasteiger partial charge in [-0.25, -0.2) is 0 Å². The highest BCUT2D eigenvalue weighted by Gasteiger charge is 2.37. The molecular weight excluding hydrogens is 1490 g/mol. The van der Waals surface area contributed by atoms with Crippen LogP contribution in [0.5, 0.6) is 0 Å². The summed E-state index contributed by atoms with van der Waals surface area (Å²) in [6.07, 6.45) is 34.2. The lowest BCUT2D eigenvalue weighted by Crippen LogP contribution is -2.12. The topological polar surface area (TPSA) is 129 Å².